The first-order valence-electron chi connectivity index (χ1n) is 6.78. The number of likely N-dealkylation sites (tertiary alicyclic amines) is 1. The van der Waals surface area contributed by atoms with Crippen molar-refractivity contribution < 1.29 is 14.3 Å². The van der Waals surface area contributed by atoms with Crippen LogP contribution in [-0.2, 0) is 14.3 Å². The quantitative estimate of drug-likeness (QED) is 0.511. The van der Waals surface area contributed by atoms with Gasteiger partial charge >= 0.3 is 5.97 Å². The van der Waals surface area contributed by atoms with E-state index in [4.69, 9.17) is 9.47 Å². The molecule has 18 heavy (non-hydrogen) atoms. The summed E-state index contributed by atoms with van der Waals surface area (Å²) >= 11 is 0. The van der Waals surface area contributed by atoms with Crippen LogP contribution in [0.15, 0.2) is 0 Å². The minimum atomic E-state index is -0.119. The molecule has 1 fully saturated rings. The minimum Gasteiger partial charge on any atom is -0.469 e. The van der Waals surface area contributed by atoms with Crippen LogP contribution in [0.1, 0.15) is 25.7 Å². The molecule has 0 aliphatic carbocycles. The molecule has 0 aromatic rings. The van der Waals surface area contributed by atoms with Crippen LogP contribution in [0.3, 0.4) is 0 Å². The van der Waals surface area contributed by atoms with E-state index in [9.17, 15) is 4.79 Å². The van der Waals surface area contributed by atoms with Crippen molar-refractivity contribution in [1.82, 2.24) is 10.2 Å². The number of carbonyl (C=O) groups is 1. The smallest absolute Gasteiger partial charge is 0.306 e. The summed E-state index contributed by atoms with van der Waals surface area (Å²) in [6.07, 6.45) is 4.22. The third kappa shape index (κ3) is 5.80. The van der Waals surface area contributed by atoms with Crippen molar-refractivity contribution >= 4 is 5.97 Å². The van der Waals surface area contributed by atoms with E-state index in [1.165, 1.54) is 26.4 Å². The highest BCUT2D eigenvalue weighted by Gasteiger charge is 2.22. The third-order valence-corrected chi connectivity index (χ3v) is 3.44. The standard InChI is InChI=1S/C13H26N2O3/c1-17-10-7-14-11-12-5-3-4-8-15(12)9-6-13(16)18-2/h12,14H,3-11H2,1-2H3. The van der Waals surface area contributed by atoms with Gasteiger partial charge in [-0.05, 0) is 19.4 Å². The third-order valence-electron chi connectivity index (χ3n) is 3.44. The Bertz CT molecular complexity index is 236. The van der Waals surface area contributed by atoms with E-state index >= 15 is 0 Å². The zero-order chi connectivity index (χ0) is 13.2. The first kappa shape index (κ1) is 15.4. The Labute approximate surface area is 110 Å². The van der Waals surface area contributed by atoms with Gasteiger partial charge in [-0.3, -0.25) is 9.69 Å². The molecule has 1 aliphatic heterocycles. The number of nitrogens with one attached hydrogen (secondary N) is 1. The van der Waals surface area contributed by atoms with Crippen molar-refractivity contribution in [3.05, 3.63) is 0 Å². The fourth-order valence-corrected chi connectivity index (χ4v) is 2.37. The van der Waals surface area contributed by atoms with Crippen molar-refractivity contribution in [3.8, 4) is 0 Å². The van der Waals surface area contributed by atoms with Crippen LogP contribution >= 0.6 is 0 Å². The average Bonchev–Trinajstić information content (AvgIpc) is 2.42. The molecule has 0 spiro atoms. The second-order valence-corrected chi connectivity index (χ2v) is 4.71. The van der Waals surface area contributed by atoms with E-state index in [0.717, 1.165) is 32.8 Å². The first-order valence-corrected chi connectivity index (χ1v) is 6.78. The number of esters is 1. The predicted molar refractivity (Wildman–Crippen MR) is 70.6 cm³/mol. The molecule has 0 amide bonds. The maximum Gasteiger partial charge on any atom is 0.306 e. The monoisotopic (exact) mass is 258 g/mol. The molecular formula is C13H26N2O3. The highest BCUT2D eigenvalue weighted by molar-refractivity contribution is 5.69. The van der Waals surface area contributed by atoms with Crippen molar-refractivity contribution in [2.24, 2.45) is 0 Å². The van der Waals surface area contributed by atoms with Crippen LogP contribution < -0.4 is 5.32 Å². The van der Waals surface area contributed by atoms with Crippen LogP contribution in [0.4, 0.5) is 0 Å². The zero-order valence-corrected chi connectivity index (χ0v) is 11.6. The molecule has 0 saturated carbocycles. The second-order valence-electron chi connectivity index (χ2n) is 4.71. The summed E-state index contributed by atoms with van der Waals surface area (Å²) in [6.45, 7) is 4.51. The lowest BCUT2D eigenvalue weighted by molar-refractivity contribution is -0.141. The normalized spacial score (nSPS) is 20.9. The van der Waals surface area contributed by atoms with Gasteiger partial charge in [-0.15, -0.1) is 0 Å². The van der Waals surface area contributed by atoms with E-state index in [1.54, 1.807) is 7.11 Å². The van der Waals surface area contributed by atoms with Crippen LogP contribution in [0.5, 0.6) is 0 Å². The molecule has 1 rings (SSSR count). The summed E-state index contributed by atoms with van der Waals surface area (Å²) in [7, 11) is 3.16. The van der Waals surface area contributed by atoms with Crippen LogP contribution in [-0.4, -0.2) is 63.9 Å². The van der Waals surface area contributed by atoms with Gasteiger partial charge in [0.2, 0.25) is 0 Å². The van der Waals surface area contributed by atoms with Crippen LogP contribution in [0.25, 0.3) is 0 Å². The molecule has 1 atom stereocenters. The van der Waals surface area contributed by atoms with Crippen molar-refractivity contribution in [1.29, 1.82) is 0 Å². The Morgan fingerprint density at radius 1 is 1.39 bits per heavy atom. The molecular weight excluding hydrogens is 232 g/mol. The zero-order valence-electron chi connectivity index (χ0n) is 11.6. The van der Waals surface area contributed by atoms with Gasteiger partial charge in [-0.25, -0.2) is 0 Å². The van der Waals surface area contributed by atoms with E-state index in [2.05, 4.69) is 10.2 Å². The van der Waals surface area contributed by atoms with Gasteiger partial charge in [-0.1, -0.05) is 6.42 Å². The first-order chi connectivity index (χ1) is 8.77. The van der Waals surface area contributed by atoms with Gasteiger partial charge in [0, 0.05) is 32.8 Å². The maximum absolute atomic E-state index is 11.2. The van der Waals surface area contributed by atoms with Gasteiger partial charge in [-0.2, -0.15) is 0 Å². The molecule has 5 heteroatoms. The maximum atomic E-state index is 11.2. The number of hydrogen-bond acceptors (Lipinski definition) is 5. The molecule has 5 nitrogen and oxygen atoms in total. The van der Waals surface area contributed by atoms with Gasteiger partial charge < -0.3 is 14.8 Å². The number of hydrogen-bond donors (Lipinski definition) is 1. The van der Waals surface area contributed by atoms with Gasteiger partial charge in [0.15, 0.2) is 0 Å². The molecule has 0 bridgehead atoms. The van der Waals surface area contributed by atoms with E-state index in [0.29, 0.717) is 12.5 Å². The highest BCUT2D eigenvalue weighted by atomic mass is 16.5. The molecule has 1 heterocycles. The minimum absolute atomic E-state index is 0.119. The molecule has 1 saturated heterocycles. The number of piperidine rings is 1. The topological polar surface area (TPSA) is 50.8 Å². The number of nitrogens with zero attached hydrogens (tertiary/aromatic N) is 1. The number of carbonyl (C=O) groups excluding carboxylic acids is 1. The van der Waals surface area contributed by atoms with E-state index in [-0.39, 0.29) is 5.97 Å². The van der Waals surface area contributed by atoms with Gasteiger partial charge in [0.05, 0.1) is 20.1 Å². The Morgan fingerprint density at radius 3 is 2.94 bits per heavy atom. The fraction of sp³-hybridized carbons (Fsp3) is 0.923. The molecule has 0 radical (unpaired) electrons. The number of rotatable bonds is 8. The van der Waals surface area contributed by atoms with Crippen LogP contribution in [0.2, 0.25) is 0 Å². The highest BCUT2D eigenvalue weighted by Crippen LogP contribution is 2.16. The average molecular weight is 258 g/mol. The lowest BCUT2D eigenvalue weighted by Gasteiger charge is -2.35. The van der Waals surface area contributed by atoms with Crippen molar-refractivity contribution in [2.45, 2.75) is 31.7 Å². The molecule has 1 aliphatic rings. The van der Waals surface area contributed by atoms with Crippen molar-refractivity contribution in [2.75, 3.05) is 47.0 Å². The van der Waals surface area contributed by atoms with Gasteiger partial charge in [0.25, 0.3) is 0 Å². The molecule has 1 unspecified atom stereocenters. The Morgan fingerprint density at radius 2 is 2.22 bits per heavy atom. The SMILES string of the molecule is COCCNCC1CCCCN1CCC(=O)OC. The van der Waals surface area contributed by atoms with Crippen molar-refractivity contribution in [3.63, 3.8) is 0 Å². The molecule has 0 aromatic heterocycles. The fourth-order valence-electron chi connectivity index (χ4n) is 2.37. The predicted octanol–water partition coefficient (Wildman–Crippen LogP) is 0.640. The molecule has 1 N–H and O–H groups in total. The lowest BCUT2D eigenvalue weighted by atomic mass is 10.0. The van der Waals surface area contributed by atoms with E-state index in [1.807, 2.05) is 0 Å². The molecule has 106 valence electrons. The summed E-state index contributed by atoms with van der Waals surface area (Å²) in [4.78, 5) is 13.6. The lowest BCUT2D eigenvalue weighted by Crippen LogP contribution is -2.46. The Kier molecular flexibility index (Phi) is 7.96. The van der Waals surface area contributed by atoms with Gasteiger partial charge in [0.1, 0.15) is 0 Å². The Balaban J connectivity index is 2.25. The molecule has 0 aromatic carbocycles. The summed E-state index contributed by atoms with van der Waals surface area (Å²) in [5.41, 5.74) is 0. The summed E-state index contributed by atoms with van der Waals surface area (Å²) < 4.78 is 9.71. The summed E-state index contributed by atoms with van der Waals surface area (Å²) in [6, 6.07) is 0.542. The summed E-state index contributed by atoms with van der Waals surface area (Å²) in [5.74, 6) is -0.119. The second kappa shape index (κ2) is 9.30. The Hall–Kier alpha value is -0.650. The number of methoxy groups -OCH3 is 2. The van der Waals surface area contributed by atoms with Crippen LogP contribution in [0, 0.1) is 0 Å². The summed E-state index contributed by atoms with van der Waals surface area (Å²) in [5, 5.41) is 3.40. The van der Waals surface area contributed by atoms with E-state index < -0.39 is 0 Å². The largest absolute Gasteiger partial charge is 0.469 e. The number of ether oxygens (including phenoxy) is 2.